The molecule has 0 aliphatic heterocycles. The summed E-state index contributed by atoms with van der Waals surface area (Å²) in [6.07, 6.45) is 1.92. The predicted molar refractivity (Wildman–Crippen MR) is 49.0 cm³/mol. The van der Waals surface area contributed by atoms with Crippen molar-refractivity contribution in [3.8, 4) is 0 Å². The van der Waals surface area contributed by atoms with Crippen molar-refractivity contribution in [2.45, 2.75) is 13.8 Å². The molecule has 0 fully saturated rings. The monoisotopic (exact) mass is 147 g/mol. The fraction of sp³-hybridized carbons (Fsp3) is 0.200. The van der Waals surface area contributed by atoms with Crippen molar-refractivity contribution in [2.75, 3.05) is 0 Å². The minimum atomic E-state index is 0.850. The van der Waals surface area contributed by atoms with Crippen LogP contribution < -0.4 is 5.73 Å². The van der Waals surface area contributed by atoms with E-state index in [1.807, 2.05) is 31.2 Å². The second-order valence-electron chi connectivity index (χ2n) is 2.56. The molecule has 0 radical (unpaired) electrons. The fourth-order valence-electron chi connectivity index (χ4n) is 1.05. The summed E-state index contributed by atoms with van der Waals surface area (Å²) in [6, 6.07) is 8.11. The van der Waals surface area contributed by atoms with Gasteiger partial charge in [0.25, 0.3) is 0 Å². The summed E-state index contributed by atoms with van der Waals surface area (Å²) in [7, 11) is 0. The second-order valence-corrected chi connectivity index (χ2v) is 2.56. The number of hydrogen-bond donors (Lipinski definition) is 1. The smallest absolute Gasteiger partial charge is 0.0346 e. The van der Waals surface area contributed by atoms with E-state index in [2.05, 4.69) is 13.0 Å². The van der Waals surface area contributed by atoms with Crippen LogP contribution in [0.5, 0.6) is 0 Å². The Labute approximate surface area is 67.5 Å². The molecule has 11 heavy (non-hydrogen) atoms. The van der Waals surface area contributed by atoms with Gasteiger partial charge in [0.15, 0.2) is 0 Å². The van der Waals surface area contributed by atoms with Crippen LogP contribution in [0.3, 0.4) is 0 Å². The van der Waals surface area contributed by atoms with Gasteiger partial charge in [0.2, 0.25) is 0 Å². The summed E-state index contributed by atoms with van der Waals surface area (Å²) < 4.78 is 0. The number of allylic oxidation sites excluding steroid dienone is 1. The topological polar surface area (TPSA) is 26.0 Å². The Morgan fingerprint density at radius 2 is 2.00 bits per heavy atom. The van der Waals surface area contributed by atoms with E-state index in [9.17, 15) is 0 Å². The van der Waals surface area contributed by atoms with Gasteiger partial charge in [-0.1, -0.05) is 30.3 Å². The normalized spacial score (nSPS) is 11.6. The zero-order chi connectivity index (χ0) is 8.27. The van der Waals surface area contributed by atoms with Crippen molar-refractivity contribution in [3.05, 3.63) is 41.5 Å². The van der Waals surface area contributed by atoms with Gasteiger partial charge >= 0.3 is 0 Å². The van der Waals surface area contributed by atoms with E-state index in [-0.39, 0.29) is 0 Å². The van der Waals surface area contributed by atoms with Crippen LogP contribution in [0.25, 0.3) is 5.70 Å². The molecule has 0 spiro atoms. The van der Waals surface area contributed by atoms with Gasteiger partial charge in [-0.05, 0) is 25.0 Å². The number of benzene rings is 1. The summed E-state index contributed by atoms with van der Waals surface area (Å²) in [6.45, 7) is 4.01. The Kier molecular flexibility index (Phi) is 2.32. The first kappa shape index (κ1) is 7.86. The first-order valence-electron chi connectivity index (χ1n) is 3.73. The Balaban J connectivity index is 3.14. The highest BCUT2D eigenvalue weighted by Gasteiger charge is 1.96. The van der Waals surface area contributed by atoms with Crippen LogP contribution >= 0.6 is 0 Å². The highest BCUT2D eigenvalue weighted by atomic mass is 14.6. The molecule has 0 saturated heterocycles. The quantitative estimate of drug-likeness (QED) is 0.648. The average molecular weight is 147 g/mol. The molecular formula is C10H13N. The molecule has 0 bridgehead atoms. The van der Waals surface area contributed by atoms with E-state index in [1.165, 1.54) is 5.56 Å². The fourth-order valence-corrected chi connectivity index (χ4v) is 1.05. The molecule has 0 aromatic heterocycles. The van der Waals surface area contributed by atoms with Gasteiger partial charge in [0.1, 0.15) is 0 Å². The highest BCUT2D eigenvalue weighted by molar-refractivity contribution is 5.64. The van der Waals surface area contributed by atoms with E-state index in [1.54, 1.807) is 0 Å². The molecule has 0 heterocycles. The third-order valence-corrected chi connectivity index (χ3v) is 1.77. The number of nitrogens with two attached hydrogens (primary N) is 1. The first-order valence-corrected chi connectivity index (χ1v) is 3.73. The second kappa shape index (κ2) is 3.24. The lowest BCUT2D eigenvalue weighted by atomic mass is 10.1. The summed E-state index contributed by atoms with van der Waals surface area (Å²) in [5.41, 5.74) is 8.97. The zero-order valence-electron chi connectivity index (χ0n) is 6.96. The van der Waals surface area contributed by atoms with Gasteiger partial charge < -0.3 is 5.73 Å². The lowest BCUT2D eigenvalue weighted by molar-refractivity contribution is 1.38. The highest BCUT2D eigenvalue weighted by Crippen LogP contribution is 2.12. The summed E-state index contributed by atoms with van der Waals surface area (Å²) in [5.74, 6) is 0. The Morgan fingerprint density at radius 1 is 1.36 bits per heavy atom. The van der Waals surface area contributed by atoms with Crippen molar-refractivity contribution in [1.29, 1.82) is 0 Å². The molecule has 1 aromatic rings. The molecular weight excluding hydrogens is 134 g/mol. The maximum atomic E-state index is 5.76. The van der Waals surface area contributed by atoms with E-state index in [4.69, 9.17) is 5.73 Å². The van der Waals surface area contributed by atoms with Crippen molar-refractivity contribution in [1.82, 2.24) is 0 Å². The molecule has 0 aliphatic rings. The molecule has 1 heteroatoms. The Bertz CT molecular complexity index is 274. The molecule has 58 valence electrons. The van der Waals surface area contributed by atoms with Crippen LogP contribution in [0, 0.1) is 6.92 Å². The Morgan fingerprint density at radius 3 is 2.55 bits per heavy atom. The van der Waals surface area contributed by atoms with Crippen molar-refractivity contribution in [2.24, 2.45) is 5.73 Å². The van der Waals surface area contributed by atoms with Crippen LogP contribution in [0.15, 0.2) is 30.3 Å². The summed E-state index contributed by atoms with van der Waals surface area (Å²) in [5, 5.41) is 0. The molecule has 2 N–H and O–H groups in total. The molecule has 0 aliphatic carbocycles. The third-order valence-electron chi connectivity index (χ3n) is 1.77. The summed E-state index contributed by atoms with van der Waals surface area (Å²) >= 11 is 0. The minimum absolute atomic E-state index is 0.850. The SMILES string of the molecule is C/C=C(\N)c1ccccc1C. The number of hydrogen-bond acceptors (Lipinski definition) is 1. The molecule has 1 aromatic carbocycles. The largest absolute Gasteiger partial charge is 0.399 e. The van der Waals surface area contributed by atoms with Crippen molar-refractivity contribution >= 4 is 5.70 Å². The van der Waals surface area contributed by atoms with Gasteiger partial charge in [-0.15, -0.1) is 0 Å². The molecule has 0 saturated carbocycles. The van der Waals surface area contributed by atoms with Gasteiger partial charge in [-0.2, -0.15) is 0 Å². The lowest BCUT2D eigenvalue weighted by Crippen LogP contribution is -1.97. The third kappa shape index (κ3) is 1.61. The standard InChI is InChI=1S/C10H13N/c1-3-10(11)9-7-5-4-6-8(9)2/h3-7H,11H2,1-2H3/b10-3-. The Hall–Kier alpha value is -1.24. The van der Waals surface area contributed by atoms with E-state index < -0.39 is 0 Å². The van der Waals surface area contributed by atoms with Crippen LogP contribution in [-0.4, -0.2) is 0 Å². The van der Waals surface area contributed by atoms with E-state index >= 15 is 0 Å². The van der Waals surface area contributed by atoms with Crippen molar-refractivity contribution in [3.63, 3.8) is 0 Å². The van der Waals surface area contributed by atoms with E-state index in [0.717, 1.165) is 11.3 Å². The van der Waals surface area contributed by atoms with Gasteiger partial charge in [0.05, 0.1) is 0 Å². The van der Waals surface area contributed by atoms with Crippen LogP contribution in [0.1, 0.15) is 18.1 Å². The predicted octanol–water partition coefficient (Wildman–Crippen LogP) is 2.31. The van der Waals surface area contributed by atoms with Crippen LogP contribution in [0.4, 0.5) is 0 Å². The van der Waals surface area contributed by atoms with Crippen LogP contribution in [-0.2, 0) is 0 Å². The maximum Gasteiger partial charge on any atom is 0.0346 e. The maximum absolute atomic E-state index is 5.76. The molecule has 0 atom stereocenters. The molecule has 0 unspecified atom stereocenters. The number of aryl methyl sites for hydroxylation is 1. The zero-order valence-corrected chi connectivity index (χ0v) is 6.96. The van der Waals surface area contributed by atoms with Gasteiger partial charge in [0, 0.05) is 5.70 Å². The average Bonchev–Trinajstić information content (AvgIpc) is 2.04. The molecule has 1 nitrogen and oxygen atoms in total. The van der Waals surface area contributed by atoms with Crippen molar-refractivity contribution < 1.29 is 0 Å². The van der Waals surface area contributed by atoms with Gasteiger partial charge in [-0.3, -0.25) is 0 Å². The summed E-state index contributed by atoms with van der Waals surface area (Å²) in [4.78, 5) is 0. The van der Waals surface area contributed by atoms with E-state index in [0.29, 0.717) is 0 Å². The molecule has 1 rings (SSSR count). The number of rotatable bonds is 1. The molecule has 0 amide bonds. The minimum Gasteiger partial charge on any atom is -0.399 e. The lowest BCUT2D eigenvalue weighted by Gasteiger charge is -2.03. The van der Waals surface area contributed by atoms with Crippen LogP contribution in [0.2, 0.25) is 0 Å². The first-order chi connectivity index (χ1) is 5.25. The van der Waals surface area contributed by atoms with Gasteiger partial charge in [-0.25, -0.2) is 0 Å².